The zero-order valence-corrected chi connectivity index (χ0v) is 8.48. The van der Waals surface area contributed by atoms with Gasteiger partial charge >= 0.3 is 0 Å². The third-order valence-corrected chi connectivity index (χ3v) is 2.82. The molecule has 0 aromatic carbocycles. The highest BCUT2D eigenvalue weighted by Crippen LogP contribution is 2.25. The van der Waals surface area contributed by atoms with Gasteiger partial charge in [0.25, 0.3) is 0 Å². The summed E-state index contributed by atoms with van der Waals surface area (Å²) >= 11 is 0. The van der Waals surface area contributed by atoms with E-state index in [-0.39, 0.29) is 18.5 Å². The molecule has 14 heavy (non-hydrogen) atoms. The molecule has 1 fully saturated rings. The van der Waals surface area contributed by atoms with E-state index >= 15 is 0 Å². The first-order valence-electron chi connectivity index (χ1n) is 4.95. The number of amides is 1. The zero-order valence-electron chi connectivity index (χ0n) is 8.48. The van der Waals surface area contributed by atoms with Gasteiger partial charge in [0, 0.05) is 6.54 Å². The van der Waals surface area contributed by atoms with E-state index in [1.165, 1.54) is 6.08 Å². The number of likely N-dealkylation sites (tertiary alicyclic amines) is 1. The first-order chi connectivity index (χ1) is 6.72. The van der Waals surface area contributed by atoms with Crippen LogP contribution in [0.25, 0.3) is 0 Å². The molecule has 4 heteroatoms. The first kappa shape index (κ1) is 10.9. The molecule has 0 aliphatic carbocycles. The maximum Gasteiger partial charge on any atom is 0.246 e. The lowest BCUT2D eigenvalue weighted by atomic mass is 10.0. The zero-order chi connectivity index (χ0) is 10.6. The molecule has 4 nitrogen and oxygen atoms in total. The summed E-state index contributed by atoms with van der Waals surface area (Å²) in [6.45, 7) is 6.49. The van der Waals surface area contributed by atoms with Crippen LogP contribution in [0.5, 0.6) is 0 Å². The molecule has 1 aliphatic rings. The molecule has 1 aliphatic heterocycles. The van der Waals surface area contributed by atoms with E-state index in [1.807, 2.05) is 0 Å². The average Bonchev–Trinajstić information content (AvgIpc) is 2.61. The van der Waals surface area contributed by atoms with Gasteiger partial charge in [0.15, 0.2) is 0 Å². The third-order valence-electron chi connectivity index (χ3n) is 2.82. The summed E-state index contributed by atoms with van der Waals surface area (Å²) in [5, 5.41) is 2.88. The summed E-state index contributed by atoms with van der Waals surface area (Å²) in [5.74, 6) is 0.417. The molecule has 78 valence electrons. The van der Waals surface area contributed by atoms with E-state index in [2.05, 4.69) is 18.7 Å². The predicted octanol–water partition coefficient (Wildman–Crippen LogP) is 1.57. The fraction of sp³-hybridized carbons (Fsp3) is 0.700. The van der Waals surface area contributed by atoms with Gasteiger partial charge in [-0.25, -0.2) is 0 Å². The van der Waals surface area contributed by atoms with Crippen molar-refractivity contribution >= 4 is 5.91 Å². The van der Waals surface area contributed by atoms with Crippen LogP contribution in [0.1, 0.15) is 19.8 Å². The molecule has 0 radical (unpaired) electrons. The molecule has 0 aromatic heterocycles. The minimum absolute atomic E-state index is 0.0112. The van der Waals surface area contributed by atoms with Crippen molar-refractivity contribution in [1.82, 2.24) is 4.90 Å². The number of nitrogens with zero attached hydrogens (tertiary/aromatic N) is 2. The Balaban J connectivity index is 2.65. The van der Waals surface area contributed by atoms with Crippen molar-refractivity contribution in [2.75, 3.05) is 13.1 Å². The molecule has 2 atom stereocenters. The molecule has 1 rings (SSSR count). The molecule has 0 N–H and O–H groups in total. The minimum Gasteiger partial charge on any atom is -0.334 e. The normalized spacial score (nSPS) is 26.2. The van der Waals surface area contributed by atoms with E-state index in [1.54, 1.807) is 4.90 Å². The Morgan fingerprint density at radius 2 is 2.43 bits per heavy atom. The molecule has 0 unspecified atom stereocenters. The molecule has 1 saturated heterocycles. The van der Waals surface area contributed by atoms with Crippen LogP contribution in [-0.2, 0) is 4.79 Å². The standard InChI is InChI=1S/C10H16N2O2/c1-3-8-5-9(6-11-14)12(7-8)10(13)4-2/h4,8-9H,2-3,5-7H2,1H3/t8-,9+/m1/s1. The Bertz CT molecular complexity index is 240. The molecule has 0 bridgehead atoms. The van der Waals surface area contributed by atoms with Crippen molar-refractivity contribution in [3.63, 3.8) is 0 Å². The van der Waals surface area contributed by atoms with Gasteiger partial charge in [-0.3, -0.25) is 4.79 Å². The lowest BCUT2D eigenvalue weighted by molar-refractivity contribution is -0.126. The van der Waals surface area contributed by atoms with Gasteiger partial charge in [-0.2, -0.15) is 4.91 Å². The highest BCUT2D eigenvalue weighted by molar-refractivity contribution is 5.87. The van der Waals surface area contributed by atoms with Gasteiger partial charge in [-0.15, -0.1) is 0 Å². The largest absolute Gasteiger partial charge is 0.334 e. The highest BCUT2D eigenvalue weighted by atomic mass is 16.3. The van der Waals surface area contributed by atoms with E-state index in [0.29, 0.717) is 5.92 Å². The maximum atomic E-state index is 11.4. The maximum absolute atomic E-state index is 11.4. The number of carbonyl (C=O) groups is 1. The van der Waals surface area contributed by atoms with E-state index in [9.17, 15) is 9.70 Å². The second-order valence-electron chi connectivity index (χ2n) is 3.67. The van der Waals surface area contributed by atoms with Crippen LogP contribution in [0.2, 0.25) is 0 Å². The summed E-state index contributed by atoms with van der Waals surface area (Å²) in [4.78, 5) is 23.3. The van der Waals surface area contributed by atoms with Crippen LogP contribution < -0.4 is 0 Å². The highest BCUT2D eigenvalue weighted by Gasteiger charge is 2.33. The summed E-state index contributed by atoms with van der Waals surface area (Å²) in [6.07, 6.45) is 3.23. The summed E-state index contributed by atoms with van der Waals surface area (Å²) in [7, 11) is 0. The number of hydrogen-bond acceptors (Lipinski definition) is 3. The van der Waals surface area contributed by atoms with Crippen LogP contribution in [0, 0.1) is 10.8 Å². The number of rotatable bonds is 4. The van der Waals surface area contributed by atoms with E-state index < -0.39 is 0 Å². The van der Waals surface area contributed by atoms with Gasteiger partial charge in [0.1, 0.15) is 6.54 Å². The lowest BCUT2D eigenvalue weighted by Gasteiger charge is -2.20. The Labute approximate surface area is 83.9 Å². The molecular weight excluding hydrogens is 180 g/mol. The summed E-state index contributed by atoms with van der Waals surface area (Å²) in [5.41, 5.74) is 0. The number of carbonyl (C=O) groups excluding carboxylic acids is 1. The second kappa shape index (κ2) is 4.88. The SMILES string of the molecule is C=CC(=O)N1C[C@H](CC)C[C@H]1CN=O. The van der Waals surface area contributed by atoms with Crippen LogP contribution in [-0.4, -0.2) is 29.9 Å². The Morgan fingerprint density at radius 3 is 2.93 bits per heavy atom. The molecule has 0 spiro atoms. The monoisotopic (exact) mass is 196 g/mol. The van der Waals surface area contributed by atoms with Crippen molar-refractivity contribution in [2.24, 2.45) is 11.1 Å². The fourth-order valence-corrected chi connectivity index (χ4v) is 1.96. The van der Waals surface area contributed by atoms with Crippen molar-refractivity contribution in [3.8, 4) is 0 Å². The third kappa shape index (κ3) is 2.19. The van der Waals surface area contributed by atoms with E-state index in [4.69, 9.17) is 0 Å². The topological polar surface area (TPSA) is 49.7 Å². The van der Waals surface area contributed by atoms with Crippen LogP contribution in [0.4, 0.5) is 0 Å². The van der Waals surface area contributed by atoms with Gasteiger partial charge in [-0.1, -0.05) is 25.1 Å². The fourth-order valence-electron chi connectivity index (χ4n) is 1.96. The quantitative estimate of drug-likeness (QED) is 0.506. The first-order valence-corrected chi connectivity index (χ1v) is 4.95. The smallest absolute Gasteiger partial charge is 0.246 e. The van der Waals surface area contributed by atoms with Crippen molar-refractivity contribution in [1.29, 1.82) is 0 Å². The van der Waals surface area contributed by atoms with Crippen LogP contribution in [0.15, 0.2) is 17.8 Å². The molecule has 0 saturated carbocycles. The number of hydrogen-bond donors (Lipinski definition) is 0. The van der Waals surface area contributed by atoms with Crippen molar-refractivity contribution in [2.45, 2.75) is 25.8 Å². The summed E-state index contributed by atoms with van der Waals surface area (Å²) < 4.78 is 0. The molecule has 1 heterocycles. The van der Waals surface area contributed by atoms with Crippen molar-refractivity contribution in [3.05, 3.63) is 17.6 Å². The Kier molecular flexibility index (Phi) is 3.80. The molecule has 1 amide bonds. The van der Waals surface area contributed by atoms with Crippen LogP contribution >= 0.6 is 0 Å². The average molecular weight is 196 g/mol. The van der Waals surface area contributed by atoms with Gasteiger partial charge in [0.05, 0.1) is 6.04 Å². The van der Waals surface area contributed by atoms with E-state index in [0.717, 1.165) is 19.4 Å². The van der Waals surface area contributed by atoms with Gasteiger partial charge < -0.3 is 4.90 Å². The number of nitroso groups, excluding NO2 is 1. The molecule has 0 aromatic rings. The minimum atomic E-state index is -0.0883. The Morgan fingerprint density at radius 1 is 1.71 bits per heavy atom. The van der Waals surface area contributed by atoms with Gasteiger partial charge in [0.2, 0.25) is 5.91 Å². The second-order valence-corrected chi connectivity index (χ2v) is 3.67. The van der Waals surface area contributed by atoms with Gasteiger partial charge in [-0.05, 0) is 18.4 Å². The van der Waals surface area contributed by atoms with Crippen LogP contribution in [0.3, 0.4) is 0 Å². The van der Waals surface area contributed by atoms with Crippen molar-refractivity contribution < 1.29 is 4.79 Å². The summed E-state index contributed by atoms with van der Waals surface area (Å²) in [6, 6.07) is -0.0112. The molecular formula is C10H16N2O2. The lowest BCUT2D eigenvalue weighted by Crippen LogP contribution is -2.36. The Hall–Kier alpha value is -1.19. The predicted molar refractivity (Wildman–Crippen MR) is 54.8 cm³/mol.